The van der Waals surface area contributed by atoms with Crippen LogP contribution in [-0.2, 0) is 14.3 Å². The molecule has 2 unspecified atom stereocenters. The predicted molar refractivity (Wildman–Crippen MR) is 54.3 cm³/mol. The van der Waals surface area contributed by atoms with Gasteiger partial charge in [0.15, 0.2) is 0 Å². The maximum absolute atomic E-state index is 11.6. The standard InChI is InChI=1S/C9H18N2O4/c1-6(5-15-3)11(2)9(14)7(10)4-8(12)13/h6-7H,4-5,10H2,1-3H3,(H,12,13). The average molecular weight is 218 g/mol. The number of nitrogens with two attached hydrogens (primary N) is 1. The number of rotatable bonds is 6. The fraction of sp³-hybridized carbons (Fsp3) is 0.778. The smallest absolute Gasteiger partial charge is 0.305 e. The molecule has 0 saturated heterocycles. The Bertz CT molecular complexity index is 232. The highest BCUT2D eigenvalue weighted by molar-refractivity contribution is 5.85. The summed E-state index contributed by atoms with van der Waals surface area (Å²) < 4.78 is 4.88. The lowest BCUT2D eigenvalue weighted by molar-refractivity contribution is -0.142. The average Bonchev–Trinajstić information content (AvgIpc) is 2.14. The van der Waals surface area contributed by atoms with Crippen LogP contribution in [0.25, 0.3) is 0 Å². The van der Waals surface area contributed by atoms with Crippen molar-refractivity contribution in [3.05, 3.63) is 0 Å². The van der Waals surface area contributed by atoms with E-state index in [0.29, 0.717) is 6.61 Å². The molecule has 6 heteroatoms. The number of carboxylic acids is 1. The molecule has 1 amide bonds. The molecule has 15 heavy (non-hydrogen) atoms. The third kappa shape index (κ3) is 4.75. The molecule has 0 fully saturated rings. The Labute approximate surface area is 89.0 Å². The number of carbonyl (C=O) groups is 2. The van der Waals surface area contributed by atoms with Crippen LogP contribution in [0.2, 0.25) is 0 Å². The van der Waals surface area contributed by atoms with Crippen LogP contribution in [0.15, 0.2) is 0 Å². The van der Waals surface area contributed by atoms with Gasteiger partial charge < -0.3 is 20.5 Å². The fourth-order valence-electron chi connectivity index (χ4n) is 1.11. The summed E-state index contributed by atoms with van der Waals surface area (Å²) in [6.45, 7) is 2.19. The van der Waals surface area contributed by atoms with Crippen molar-refractivity contribution in [3.8, 4) is 0 Å². The van der Waals surface area contributed by atoms with E-state index in [9.17, 15) is 9.59 Å². The minimum Gasteiger partial charge on any atom is -0.481 e. The van der Waals surface area contributed by atoms with Crippen LogP contribution in [-0.4, -0.2) is 54.7 Å². The number of carbonyl (C=O) groups excluding carboxylic acids is 1. The largest absolute Gasteiger partial charge is 0.481 e. The first-order valence-electron chi connectivity index (χ1n) is 4.63. The van der Waals surface area contributed by atoms with Crippen LogP contribution in [0.1, 0.15) is 13.3 Å². The second kappa shape index (κ2) is 6.36. The quantitative estimate of drug-likeness (QED) is 0.614. The van der Waals surface area contributed by atoms with Gasteiger partial charge in [-0.1, -0.05) is 0 Å². The van der Waals surface area contributed by atoms with Gasteiger partial charge in [-0.05, 0) is 6.92 Å². The summed E-state index contributed by atoms with van der Waals surface area (Å²) in [5.41, 5.74) is 5.44. The molecule has 0 aromatic carbocycles. The number of amides is 1. The molecule has 0 aromatic heterocycles. The zero-order valence-corrected chi connectivity index (χ0v) is 9.27. The number of hydrogen-bond donors (Lipinski definition) is 2. The highest BCUT2D eigenvalue weighted by Gasteiger charge is 2.23. The SMILES string of the molecule is COCC(C)N(C)C(=O)C(N)CC(=O)O. The molecule has 88 valence electrons. The lowest BCUT2D eigenvalue weighted by Gasteiger charge is -2.26. The molecule has 0 aliphatic rings. The number of ether oxygens (including phenoxy) is 1. The minimum atomic E-state index is -1.08. The van der Waals surface area contributed by atoms with Crippen molar-refractivity contribution in [2.24, 2.45) is 5.73 Å². The number of methoxy groups -OCH3 is 1. The third-order valence-corrected chi connectivity index (χ3v) is 2.13. The summed E-state index contributed by atoms with van der Waals surface area (Å²) in [6, 6.07) is -1.12. The highest BCUT2D eigenvalue weighted by atomic mass is 16.5. The van der Waals surface area contributed by atoms with Crippen molar-refractivity contribution >= 4 is 11.9 Å². The lowest BCUT2D eigenvalue weighted by atomic mass is 10.2. The third-order valence-electron chi connectivity index (χ3n) is 2.13. The molecule has 3 N–H and O–H groups in total. The summed E-state index contributed by atoms with van der Waals surface area (Å²) in [5.74, 6) is -1.47. The van der Waals surface area contributed by atoms with Gasteiger partial charge in [0.1, 0.15) is 0 Å². The van der Waals surface area contributed by atoms with Gasteiger partial charge in [0.05, 0.1) is 25.1 Å². The predicted octanol–water partition coefficient (Wildman–Crippen LogP) is -0.718. The second-order valence-corrected chi connectivity index (χ2v) is 3.46. The molecule has 0 saturated carbocycles. The van der Waals surface area contributed by atoms with Crippen molar-refractivity contribution in [3.63, 3.8) is 0 Å². The van der Waals surface area contributed by atoms with E-state index in [1.54, 1.807) is 14.0 Å². The van der Waals surface area contributed by atoms with Gasteiger partial charge in [0.2, 0.25) is 5.91 Å². The van der Waals surface area contributed by atoms with Crippen LogP contribution in [0, 0.1) is 0 Å². The van der Waals surface area contributed by atoms with E-state index < -0.39 is 12.0 Å². The van der Waals surface area contributed by atoms with Crippen molar-refractivity contribution in [1.82, 2.24) is 4.90 Å². The van der Waals surface area contributed by atoms with Gasteiger partial charge in [-0.3, -0.25) is 9.59 Å². The maximum atomic E-state index is 11.6. The van der Waals surface area contributed by atoms with Gasteiger partial charge in [0.25, 0.3) is 0 Å². The van der Waals surface area contributed by atoms with Gasteiger partial charge in [0, 0.05) is 14.2 Å². The summed E-state index contributed by atoms with van der Waals surface area (Å²) in [7, 11) is 3.11. The fourth-order valence-corrected chi connectivity index (χ4v) is 1.11. The second-order valence-electron chi connectivity index (χ2n) is 3.46. The number of likely N-dealkylation sites (N-methyl/N-ethyl adjacent to an activating group) is 1. The van der Waals surface area contributed by atoms with E-state index in [1.807, 2.05) is 0 Å². The molecule has 0 bridgehead atoms. The number of nitrogens with zero attached hydrogens (tertiary/aromatic N) is 1. The van der Waals surface area contributed by atoms with Gasteiger partial charge in [-0.15, -0.1) is 0 Å². The molecule has 0 radical (unpaired) electrons. The Morgan fingerprint density at radius 1 is 1.53 bits per heavy atom. The van der Waals surface area contributed by atoms with Crippen LogP contribution in [0.4, 0.5) is 0 Å². The minimum absolute atomic E-state index is 0.123. The Morgan fingerprint density at radius 3 is 2.47 bits per heavy atom. The molecule has 2 atom stereocenters. The van der Waals surface area contributed by atoms with Crippen molar-refractivity contribution in [2.45, 2.75) is 25.4 Å². The molecule has 0 heterocycles. The number of aliphatic carboxylic acids is 1. The summed E-state index contributed by atoms with van der Waals surface area (Å²) in [4.78, 5) is 23.3. The van der Waals surface area contributed by atoms with Crippen LogP contribution in [0.3, 0.4) is 0 Å². The highest BCUT2D eigenvalue weighted by Crippen LogP contribution is 2.01. The van der Waals surface area contributed by atoms with Crippen molar-refractivity contribution in [2.75, 3.05) is 20.8 Å². The number of carboxylic acid groups (broad SMARTS) is 1. The maximum Gasteiger partial charge on any atom is 0.305 e. The van der Waals surface area contributed by atoms with E-state index in [0.717, 1.165) is 0 Å². The molecule has 0 aliphatic carbocycles. The van der Waals surface area contributed by atoms with Gasteiger partial charge >= 0.3 is 5.97 Å². The first-order valence-corrected chi connectivity index (χ1v) is 4.63. The zero-order chi connectivity index (χ0) is 12.0. The summed E-state index contributed by atoms with van der Waals surface area (Å²) in [6.07, 6.45) is -0.358. The summed E-state index contributed by atoms with van der Waals surface area (Å²) >= 11 is 0. The van der Waals surface area contributed by atoms with E-state index in [1.165, 1.54) is 12.0 Å². The number of hydrogen-bond acceptors (Lipinski definition) is 4. The van der Waals surface area contributed by atoms with Gasteiger partial charge in [-0.25, -0.2) is 0 Å². The molecular weight excluding hydrogens is 200 g/mol. The van der Waals surface area contributed by atoms with E-state index in [-0.39, 0.29) is 18.4 Å². The van der Waals surface area contributed by atoms with Gasteiger partial charge in [-0.2, -0.15) is 0 Å². The molecule has 0 aromatic rings. The van der Waals surface area contributed by atoms with E-state index in [4.69, 9.17) is 15.6 Å². The molecular formula is C9H18N2O4. The topological polar surface area (TPSA) is 92.9 Å². The Morgan fingerprint density at radius 2 is 2.07 bits per heavy atom. The van der Waals surface area contributed by atoms with E-state index >= 15 is 0 Å². The normalized spacial score (nSPS) is 14.4. The molecule has 6 nitrogen and oxygen atoms in total. The zero-order valence-electron chi connectivity index (χ0n) is 9.27. The monoisotopic (exact) mass is 218 g/mol. The van der Waals surface area contributed by atoms with Crippen molar-refractivity contribution in [1.29, 1.82) is 0 Å². The Balaban J connectivity index is 4.23. The lowest BCUT2D eigenvalue weighted by Crippen LogP contribution is -2.47. The molecule has 0 spiro atoms. The molecule has 0 rings (SSSR count). The van der Waals surface area contributed by atoms with Crippen LogP contribution in [0.5, 0.6) is 0 Å². The Hall–Kier alpha value is -1.14. The Kier molecular flexibility index (Phi) is 5.88. The first kappa shape index (κ1) is 13.9. The van der Waals surface area contributed by atoms with E-state index in [2.05, 4.69) is 0 Å². The molecule has 0 aliphatic heterocycles. The van der Waals surface area contributed by atoms with Crippen LogP contribution >= 0.6 is 0 Å². The van der Waals surface area contributed by atoms with Crippen LogP contribution < -0.4 is 5.73 Å². The first-order chi connectivity index (χ1) is 6.90. The summed E-state index contributed by atoms with van der Waals surface area (Å²) in [5, 5.41) is 8.48. The van der Waals surface area contributed by atoms with Crippen molar-refractivity contribution < 1.29 is 19.4 Å².